The summed E-state index contributed by atoms with van der Waals surface area (Å²) in [7, 11) is 0. The fraction of sp³-hybridized carbons (Fsp3) is 0.0673. The maximum atomic E-state index is 13.3. The summed E-state index contributed by atoms with van der Waals surface area (Å²) in [4.78, 5) is 69.4. The molecule has 2 aliphatic rings. The van der Waals surface area contributed by atoms with Gasteiger partial charge < -0.3 is 35.1 Å². The molecule has 19 aromatic rings. The molecule has 2 aliphatic carbocycles. The fourth-order valence-electron chi connectivity index (χ4n) is 16.2. The summed E-state index contributed by atoms with van der Waals surface area (Å²) in [6, 6.07) is 78.7. The zero-order valence-electron chi connectivity index (χ0n) is 67.8. The molecule has 0 bridgehead atoms. The Labute approximate surface area is 711 Å². The van der Waals surface area contributed by atoms with Crippen LogP contribution in [0.3, 0.4) is 0 Å². The molecular formula is C104H74N12O8. The van der Waals surface area contributed by atoms with E-state index in [-0.39, 0.29) is 40.3 Å². The summed E-state index contributed by atoms with van der Waals surface area (Å²) >= 11 is 0. The highest BCUT2D eigenvalue weighted by atomic mass is 16.3. The smallest absolute Gasteiger partial charge is 0.197 e. The molecule has 0 aliphatic heterocycles. The van der Waals surface area contributed by atoms with Gasteiger partial charge in [0.15, 0.2) is 16.9 Å². The molecule has 0 unspecified atom stereocenters. The summed E-state index contributed by atoms with van der Waals surface area (Å²) in [5.74, 6) is 0.461. The second kappa shape index (κ2) is 31.9. The first kappa shape index (κ1) is 77.3. The Morgan fingerprint density at radius 2 is 0.435 bits per heavy atom. The number of ketones is 1. The number of aryl methyl sites for hydroxylation is 6. The Bertz CT molecular complexity index is 7050. The van der Waals surface area contributed by atoms with E-state index < -0.39 is 0 Å². The number of aromatic nitrogens is 12. The highest BCUT2D eigenvalue weighted by Gasteiger charge is 2.33. The second-order valence-corrected chi connectivity index (χ2v) is 30.8. The summed E-state index contributed by atoms with van der Waals surface area (Å²) in [6.45, 7) is 11.8. The number of phenols is 6. The summed E-state index contributed by atoms with van der Waals surface area (Å²) in [5.41, 5.74) is 28.5. The van der Waals surface area contributed by atoms with Crippen molar-refractivity contribution in [3.63, 3.8) is 0 Å². The predicted molar refractivity (Wildman–Crippen MR) is 481 cm³/mol. The molecule has 0 fully saturated rings. The number of nitrogens with zero attached hydrogens (tertiary/aromatic N) is 12. The normalized spacial score (nSPS) is 11.6. The minimum absolute atomic E-state index is 0.0599. The van der Waals surface area contributed by atoms with Crippen LogP contribution in [0.4, 0.5) is 0 Å². The molecule has 124 heavy (non-hydrogen) atoms. The number of carbonyl (C=O) groups excluding carboxylic acids is 1. The lowest BCUT2D eigenvalue weighted by Crippen LogP contribution is -1.97. The number of hydrogen-bond donors (Lipinski definition) is 6. The van der Waals surface area contributed by atoms with Crippen LogP contribution in [0.25, 0.3) is 180 Å². The Morgan fingerprint density at radius 1 is 0.226 bits per heavy atom. The lowest BCUT2D eigenvalue weighted by Gasteiger charge is -2.13. The molecule has 13 heterocycles. The average Bonchev–Trinajstić information content (AvgIpc) is 1.59. The van der Waals surface area contributed by atoms with Crippen molar-refractivity contribution in [2.24, 2.45) is 0 Å². The fourth-order valence-corrected chi connectivity index (χ4v) is 16.2. The number of fused-ring (bicyclic) bond motifs is 9. The van der Waals surface area contributed by atoms with Crippen molar-refractivity contribution in [2.45, 2.75) is 48.0 Å². The molecular weight excluding hydrogens is 1550 g/mol. The standard InChI is InChI=1S/C35H24N4O3.C35H26N4O2.C34H24N4O3/c1-19-15-23(27-7-3-5-13-36-27)34(41)25(17-19)29-11-9-21-31(38-29)32-22(33(21)40)10-12-30(39-32)26-18-20(2)16-24(35(26)42)28-8-4-6-14-37-28;1-20-15-24(28-7-3-5-13-36-28)34(40)26(17-20)30-11-9-22-19-23-10-12-31(39-33(23)32(22)38-30)27-18-21(2)16-25(35(27)41)29-8-4-6-14-37-29;1-19-15-21(25-7-3-5-13-35-25)33(39)23(17-19)27-9-11-29-31(37-27)32-30(41-29)12-10-28(38-32)24-18-20(2)16-22(34(24)40)26-8-4-6-14-36-26/h3-18,41-42H,1-2H3;3-18,40-41H,19H2,1-2H3;3-18,39-40H,1-2H3. The Balaban J connectivity index is 0.000000122. The maximum absolute atomic E-state index is 13.3. The van der Waals surface area contributed by atoms with Gasteiger partial charge in [0.25, 0.3) is 0 Å². The van der Waals surface area contributed by atoms with Crippen LogP contribution in [0.2, 0.25) is 0 Å². The van der Waals surface area contributed by atoms with Crippen LogP contribution in [0.15, 0.2) is 296 Å². The van der Waals surface area contributed by atoms with Crippen molar-refractivity contribution in [1.82, 2.24) is 59.8 Å². The van der Waals surface area contributed by atoms with Crippen LogP contribution in [-0.2, 0) is 6.42 Å². The van der Waals surface area contributed by atoms with Crippen LogP contribution in [0, 0.1) is 41.5 Å². The van der Waals surface area contributed by atoms with E-state index in [2.05, 4.69) is 42.0 Å². The van der Waals surface area contributed by atoms with Gasteiger partial charge in [0.05, 0.1) is 90.8 Å². The third-order valence-corrected chi connectivity index (χ3v) is 22.1. The minimum atomic E-state index is -0.164. The van der Waals surface area contributed by atoms with Crippen molar-refractivity contribution in [1.29, 1.82) is 0 Å². The van der Waals surface area contributed by atoms with Crippen molar-refractivity contribution < 1.29 is 39.9 Å². The molecule has 21 rings (SSSR count). The first-order chi connectivity index (χ1) is 60.3. The van der Waals surface area contributed by atoms with Gasteiger partial charge in [-0.2, -0.15) is 0 Å². The van der Waals surface area contributed by atoms with Gasteiger partial charge in [-0.3, -0.25) is 34.7 Å². The van der Waals surface area contributed by atoms with E-state index in [0.29, 0.717) is 180 Å². The zero-order chi connectivity index (χ0) is 85.1. The number of hydrogen-bond acceptors (Lipinski definition) is 20. The second-order valence-electron chi connectivity index (χ2n) is 30.8. The van der Waals surface area contributed by atoms with Crippen LogP contribution < -0.4 is 0 Å². The predicted octanol–water partition coefficient (Wildman–Crippen LogP) is 22.6. The molecule has 0 amide bonds. The number of pyridine rings is 12. The largest absolute Gasteiger partial charge is 0.507 e. The summed E-state index contributed by atoms with van der Waals surface area (Å²) in [6.07, 6.45) is 10.9. The Morgan fingerprint density at radius 3 is 0.669 bits per heavy atom. The molecule has 20 nitrogen and oxygen atoms in total. The van der Waals surface area contributed by atoms with Gasteiger partial charge in [-0.25, -0.2) is 29.9 Å². The third-order valence-electron chi connectivity index (χ3n) is 22.1. The molecule has 20 heteroatoms. The van der Waals surface area contributed by atoms with Crippen LogP contribution in [0.5, 0.6) is 34.5 Å². The maximum Gasteiger partial charge on any atom is 0.197 e. The van der Waals surface area contributed by atoms with Crippen LogP contribution in [-0.4, -0.2) is 96.2 Å². The number of benzene rings is 6. The van der Waals surface area contributed by atoms with Crippen molar-refractivity contribution in [3.8, 4) is 192 Å². The topological polar surface area (TPSA) is 306 Å². The molecule has 598 valence electrons. The number of rotatable bonds is 12. The molecule has 0 saturated heterocycles. The van der Waals surface area contributed by atoms with E-state index in [0.717, 1.165) is 62.3 Å². The van der Waals surface area contributed by atoms with E-state index in [1.807, 2.05) is 260 Å². The SMILES string of the molecule is Cc1cc(-c2ccccn2)c(O)c(-c2ccc3c(n2)-c2nc(-c4cc(C)cc(-c5ccccn5)c4O)ccc2C3)c1.Cc1cc(-c2ccccn2)c(O)c(-c2ccc3c(n2)-c2nc(-c4cc(C)cc(-c5ccccn5)c4O)ccc2C3=O)c1.Cc1cc(-c2ccccn2)c(O)c(-c2ccc3oc4ccc(-c5cc(C)cc(-c6ccccn6)c5O)nc4c3n2)c1. The third kappa shape index (κ3) is 14.5. The zero-order valence-corrected chi connectivity index (χ0v) is 67.8. The molecule has 0 saturated carbocycles. The summed E-state index contributed by atoms with van der Waals surface area (Å²) in [5, 5.41) is 67.7. The van der Waals surface area contributed by atoms with E-state index in [1.54, 1.807) is 61.4 Å². The minimum Gasteiger partial charge on any atom is -0.507 e. The Hall–Kier alpha value is -16.6. The van der Waals surface area contributed by atoms with E-state index in [9.17, 15) is 35.4 Å². The number of phenolic OH excluding ortho intramolecular Hbond substituents is 6. The van der Waals surface area contributed by atoms with Gasteiger partial charge in [0.1, 0.15) is 56.9 Å². The van der Waals surface area contributed by atoms with Crippen LogP contribution in [0.1, 0.15) is 60.4 Å². The lowest BCUT2D eigenvalue weighted by molar-refractivity contribution is 0.104. The first-order valence-corrected chi connectivity index (χ1v) is 40.1. The van der Waals surface area contributed by atoms with E-state index >= 15 is 0 Å². The van der Waals surface area contributed by atoms with E-state index in [4.69, 9.17) is 34.3 Å². The highest BCUT2D eigenvalue weighted by molar-refractivity contribution is 6.20. The van der Waals surface area contributed by atoms with Gasteiger partial charge in [0, 0.05) is 110 Å². The number of aromatic hydroxyl groups is 6. The molecule has 13 aromatic heterocycles. The molecule has 6 aromatic carbocycles. The van der Waals surface area contributed by atoms with Crippen molar-refractivity contribution in [2.75, 3.05) is 0 Å². The van der Waals surface area contributed by atoms with Gasteiger partial charge in [-0.15, -0.1) is 0 Å². The van der Waals surface area contributed by atoms with Crippen LogP contribution >= 0.6 is 0 Å². The monoisotopic (exact) mass is 1620 g/mol. The Kier molecular flexibility index (Phi) is 19.9. The van der Waals surface area contributed by atoms with E-state index in [1.165, 1.54) is 0 Å². The molecule has 0 atom stereocenters. The quantitative estimate of drug-likeness (QED) is 0.0662. The molecule has 0 radical (unpaired) electrons. The lowest BCUT2D eigenvalue weighted by atomic mass is 9.99. The molecule has 6 N–H and O–H groups in total. The van der Waals surface area contributed by atoms with Gasteiger partial charge in [-0.05, 0) is 292 Å². The highest BCUT2D eigenvalue weighted by Crippen LogP contribution is 2.49. The van der Waals surface area contributed by atoms with Gasteiger partial charge >= 0.3 is 0 Å². The number of furan rings is 1. The summed E-state index contributed by atoms with van der Waals surface area (Å²) < 4.78 is 6.06. The van der Waals surface area contributed by atoms with Gasteiger partial charge in [0.2, 0.25) is 0 Å². The number of carbonyl (C=O) groups is 1. The molecule has 0 spiro atoms. The van der Waals surface area contributed by atoms with Crippen molar-refractivity contribution >= 4 is 28.0 Å². The van der Waals surface area contributed by atoms with Gasteiger partial charge in [-0.1, -0.05) is 48.5 Å². The average molecular weight is 1620 g/mol. The van der Waals surface area contributed by atoms with Crippen molar-refractivity contribution in [3.05, 3.63) is 348 Å². The first-order valence-electron chi connectivity index (χ1n) is 40.1.